The van der Waals surface area contributed by atoms with Crippen LogP contribution in [0.1, 0.15) is 21.5 Å². The Hall–Kier alpha value is -3.31. The van der Waals surface area contributed by atoms with E-state index in [1.54, 1.807) is 18.0 Å². The maximum atomic E-state index is 12.8. The number of hydrogen-bond acceptors (Lipinski definition) is 3. The molecule has 1 N–H and O–H groups in total. The zero-order chi connectivity index (χ0) is 20.9. The van der Waals surface area contributed by atoms with Gasteiger partial charge in [-0.3, -0.25) is 9.59 Å². The van der Waals surface area contributed by atoms with E-state index in [9.17, 15) is 9.59 Å². The van der Waals surface area contributed by atoms with Gasteiger partial charge in [0.1, 0.15) is 0 Å². The molecule has 3 aromatic carbocycles. The largest absolute Gasteiger partial charge is 0.352 e. The normalized spacial score (nSPS) is 14.5. The molecule has 4 nitrogen and oxygen atoms in total. The van der Waals surface area contributed by atoms with E-state index in [1.807, 2.05) is 78.9 Å². The first-order chi connectivity index (χ1) is 14.6. The maximum absolute atomic E-state index is 12.8. The molecule has 1 heterocycles. The summed E-state index contributed by atoms with van der Waals surface area (Å²) in [6.45, 7) is 0.563. The molecule has 0 aromatic heterocycles. The summed E-state index contributed by atoms with van der Waals surface area (Å²) >= 11 is 1.44. The number of rotatable bonds is 5. The Kier molecular flexibility index (Phi) is 6.00. The number of nitrogens with zero attached hydrogens (tertiary/aromatic N) is 1. The Bertz CT molecular complexity index is 1090. The minimum Gasteiger partial charge on any atom is -0.352 e. The zero-order valence-electron chi connectivity index (χ0n) is 16.7. The number of thioether (sulfide) groups is 1. The van der Waals surface area contributed by atoms with E-state index in [0.29, 0.717) is 17.0 Å². The van der Waals surface area contributed by atoms with Crippen LogP contribution in [-0.4, -0.2) is 25.4 Å². The molecule has 5 heteroatoms. The number of carbonyl (C=O) groups excluding carboxylic acids is 2. The molecule has 0 bridgehead atoms. The van der Waals surface area contributed by atoms with Crippen LogP contribution in [-0.2, 0) is 11.2 Å². The molecule has 0 spiro atoms. The van der Waals surface area contributed by atoms with Crippen LogP contribution in [0.4, 0.5) is 5.69 Å². The van der Waals surface area contributed by atoms with Gasteiger partial charge in [0.05, 0.1) is 10.6 Å². The summed E-state index contributed by atoms with van der Waals surface area (Å²) in [5.74, 6) is -0.205. The number of anilines is 1. The Morgan fingerprint density at radius 1 is 1.00 bits per heavy atom. The molecular weight excluding hydrogens is 392 g/mol. The molecule has 1 aliphatic rings. The molecule has 0 unspecified atom stereocenters. The Labute approximate surface area is 180 Å². The Balaban J connectivity index is 1.48. The van der Waals surface area contributed by atoms with Gasteiger partial charge in [-0.05, 0) is 41.8 Å². The molecule has 3 aromatic rings. The lowest BCUT2D eigenvalue weighted by Gasteiger charge is -2.27. The Morgan fingerprint density at radius 2 is 1.70 bits per heavy atom. The average molecular weight is 415 g/mol. The SMILES string of the molecule is CN1C(=O)/C(=C\c2ccccc2)Sc2ccc(C(=O)NCCc3ccccc3)cc21. The molecule has 30 heavy (non-hydrogen) atoms. The van der Waals surface area contributed by atoms with Crippen molar-refractivity contribution in [2.24, 2.45) is 0 Å². The third kappa shape index (κ3) is 4.47. The molecule has 0 saturated carbocycles. The van der Waals surface area contributed by atoms with Crippen LogP contribution in [0, 0.1) is 0 Å². The van der Waals surface area contributed by atoms with Crippen LogP contribution >= 0.6 is 11.8 Å². The summed E-state index contributed by atoms with van der Waals surface area (Å²) in [5, 5.41) is 2.96. The second kappa shape index (κ2) is 9.01. The van der Waals surface area contributed by atoms with Crippen LogP contribution in [0.25, 0.3) is 6.08 Å². The van der Waals surface area contributed by atoms with E-state index in [4.69, 9.17) is 0 Å². The van der Waals surface area contributed by atoms with Crippen molar-refractivity contribution in [1.29, 1.82) is 0 Å². The predicted molar refractivity (Wildman–Crippen MR) is 123 cm³/mol. The monoisotopic (exact) mass is 414 g/mol. The quantitative estimate of drug-likeness (QED) is 0.612. The topological polar surface area (TPSA) is 49.4 Å². The molecule has 150 valence electrons. The first kappa shape index (κ1) is 20.0. The van der Waals surface area contributed by atoms with Gasteiger partial charge in [0.15, 0.2) is 0 Å². The summed E-state index contributed by atoms with van der Waals surface area (Å²) in [6.07, 6.45) is 2.68. The van der Waals surface area contributed by atoms with E-state index in [2.05, 4.69) is 5.32 Å². The standard InChI is InChI=1S/C25H22N2O2S/c1-27-21-17-20(24(28)26-15-14-18-8-4-2-5-9-18)12-13-22(21)30-23(25(27)29)16-19-10-6-3-7-11-19/h2-13,16-17H,14-15H2,1H3,(H,26,28)/b23-16+. The van der Waals surface area contributed by atoms with Crippen LogP contribution in [0.5, 0.6) is 0 Å². The number of fused-ring (bicyclic) bond motifs is 1. The van der Waals surface area contributed by atoms with Crippen molar-refractivity contribution in [1.82, 2.24) is 5.32 Å². The molecule has 0 aliphatic carbocycles. The highest BCUT2D eigenvalue weighted by Crippen LogP contribution is 2.41. The van der Waals surface area contributed by atoms with E-state index in [-0.39, 0.29) is 11.8 Å². The number of likely N-dealkylation sites (N-methyl/N-ethyl adjacent to an activating group) is 1. The maximum Gasteiger partial charge on any atom is 0.264 e. The third-order valence-electron chi connectivity index (χ3n) is 4.96. The van der Waals surface area contributed by atoms with Crippen molar-refractivity contribution in [2.45, 2.75) is 11.3 Å². The lowest BCUT2D eigenvalue weighted by atomic mass is 10.1. The number of amides is 2. The second-order valence-electron chi connectivity index (χ2n) is 7.06. The average Bonchev–Trinajstić information content (AvgIpc) is 2.78. The fraction of sp³-hybridized carbons (Fsp3) is 0.120. The molecule has 0 radical (unpaired) electrons. The Morgan fingerprint density at radius 3 is 2.43 bits per heavy atom. The minimum atomic E-state index is -0.134. The highest BCUT2D eigenvalue weighted by Gasteiger charge is 2.27. The van der Waals surface area contributed by atoms with Gasteiger partial charge in [-0.15, -0.1) is 0 Å². The molecule has 4 rings (SSSR count). The van der Waals surface area contributed by atoms with Gasteiger partial charge in [0, 0.05) is 24.1 Å². The molecule has 0 saturated heterocycles. The number of benzene rings is 3. The fourth-order valence-electron chi connectivity index (χ4n) is 3.30. The summed E-state index contributed by atoms with van der Waals surface area (Å²) in [4.78, 5) is 28.7. The van der Waals surface area contributed by atoms with E-state index < -0.39 is 0 Å². The van der Waals surface area contributed by atoms with Crippen LogP contribution < -0.4 is 10.2 Å². The van der Waals surface area contributed by atoms with Gasteiger partial charge in [0.2, 0.25) is 0 Å². The van der Waals surface area contributed by atoms with Gasteiger partial charge < -0.3 is 10.2 Å². The summed E-state index contributed by atoms with van der Waals surface area (Å²) in [5.41, 5.74) is 3.48. The number of carbonyl (C=O) groups is 2. The predicted octanol–water partition coefficient (Wildman–Crippen LogP) is 4.77. The highest BCUT2D eigenvalue weighted by atomic mass is 32.2. The lowest BCUT2D eigenvalue weighted by Crippen LogP contribution is -2.31. The number of hydrogen-bond donors (Lipinski definition) is 1. The number of nitrogens with one attached hydrogen (secondary N) is 1. The van der Waals surface area contributed by atoms with Crippen molar-refractivity contribution in [3.8, 4) is 0 Å². The first-order valence-electron chi connectivity index (χ1n) is 9.80. The van der Waals surface area contributed by atoms with Crippen molar-refractivity contribution < 1.29 is 9.59 Å². The highest BCUT2D eigenvalue weighted by molar-refractivity contribution is 8.04. The summed E-state index contributed by atoms with van der Waals surface area (Å²) in [7, 11) is 1.75. The summed E-state index contributed by atoms with van der Waals surface area (Å²) < 4.78 is 0. The molecule has 0 atom stereocenters. The van der Waals surface area contributed by atoms with Gasteiger partial charge >= 0.3 is 0 Å². The van der Waals surface area contributed by atoms with E-state index in [0.717, 1.165) is 22.6 Å². The smallest absolute Gasteiger partial charge is 0.264 e. The molecule has 1 aliphatic heterocycles. The van der Waals surface area contributed by atoms with Crippen molar-refractivity contribution in [2.75, 3.05) is 18.5 Å². The zero-order valence-corrected chi connectivity index (χ0v) is 17.5. The van der Waals surface area contributed by atoms with E-state index >= 15 is 0 Å². The molecule has 0 fully saturated rings. The van der Waals surface area contributed by atoms with Gasteiger partial charge in [0.25, 0.3) is 11.8 Å². The van der Waals surface area contributed by atoms with Crippen LogP contribution in [0.3, 0.4) is 0 Å². The van der Waals surface area contributed by atoms with Crippen LogP contribution in [0.2, 0.25) is 0 Å². The fourth-order valence-corrected chi connectivity index (χ4v) is 4.40. The first-order valence-corrected chi connectivity index (χ1v) is 10.6. The van der Waals surface area contributed by atoms with Crippen molar-refractivity contribution in [3.63, 3.8) is 0 Å². The van der Waals surface area contributed by atoms with Crippen molar-refractivity contribution >= 4 is 35.3 Å². The lowest BCUT2D eigenvalue weighted by molar-refractivity contribution is -0.114. The van der Waals surface area contributed by atoms with Crippen LogP contribution in [0.15, 0.2) is 88.7 Å². The summed E-state index contributed by atoms with van der Waals surface area (Å²) in [6, 6.07) is 25.4. The van der Waals surface area contributed by atoms with Gasteiger partial charge in [-0.2, -0.15) is 0 Å². The third-order valence-corrected chi connectivity index (χ3v) is 6.03. The van der Waals surface area contributed by atoms with Gasteiger partial charge in [-0.1, -0.05) is 72.4 Å². The van der Waals surface area contributed by atoms with E-state index in [1.165, 1.54) is 17.3 Å². The second-order valence-corrected chi connectivity index (χ2v) is 8.14. The minimum absolute atomic E-state index is 0.0713. The van der Waals surface area contributed by atoms with Gasteiger partial charge in [-0.25, -0.2) is 0 Å². The molecular formula is C25H22N2O2S. The van der Waals surface area contributed by atoms with Crippen molar-refractivity contribution in [3.05, 3.63) is 100 Å². The molecule has 2 amide bonds.